The van der Waals surface area contributed by atoms with Crippen molar-refractivity contribution in [1.29, 1.82) is 0 Å². The maximum Gasteiger partial charge on any atom is 0.269 e. The fourth-order valence-electron chi connectivity index (χ4n) is 4.69. The monoisotopic (exact) mass is 426 g/mol. The predicted octanol–water partition coefficient (Wildman–Crippen LogP) is 3.39. The summed E-state index contributed by atoms with van der Waals surface area (Å²) in [5, 5.41) is 15.1. The van der Waals surface area contributed by atoms with Crippen LogP contribution in [-0.4, -0.2) is 42.5 Å². The summed E-state index contributed by atoms with van der Waals surface area (Å²) in [5.74, 6) is -0.212. The Labute approximate surface area is 179 Å². The second-order valence-corrected chi connectivity index (χ2v) is 8.73. The Morgan fingerprint density at radius 3 is 2.67 bits per heavy atom. The number of benzene rings is 2. The SMILES string of the molecule is O=C(NC1CC1)[C@@H]1Cc2cc([N+](=O)[O-])ccc2N2CCN(c3ccccc3Cl)C[C@@H]12. The van der Waals surface area contributed by atoms with Crippen molar-refractivity contribution in [3.63, 3.8) is 0 Å². The van der Waals surface area contributed by atoms with Gasteiger partial charge in [0.2, 0.25) is 5.91 Å². The van der Waals surface area contributed by atoms with E-state index in [-0.39, 0.29) is 34.5 Å². The first kappa shape index (κ1) is 19.2. The van der Waals surface area contributed by atoms with Gasteiger partial charge in [0.25, 0.3) is 5.69 Å². The third kappa shape index (κ3) is 3.47. The average molecular weight is 427 g/mol. The molecule has 0 aromatic heterocycles. The number of carbonyl (C=O) groups excluding carboxylic acids is 1. The molecule has 0 unspecified atom stereocenters. The fourth-order valence-corrected chi connectivity index (χ4v) is 4.94. The van der Waals surface area contributed by atoms with E-state index < -0.39 is 0 Å². The van der Waals surface area contributed by atoms with Crippen LogP contribution in [0, 0.1) is 16.0 Å². The van der Waals surface area contributed by atoms with E-state index in [9.17, 15) is 14.9 Å². The summed E-state index contributed by atoms with van der Waals surface area (Å²) < 4.78 is 0. The summed E-state index contributed by atoms with van der Waals surface area (Å²) in [7, 11) is 0. The Morgan fingerprint density at radius 1 is 1.13 bits per heavy atom. The molecule has 30 heavy (non-hydrogen) atoms. The molecular weight excluding hydrogens is 404 g/mol. The van der Waals surface area contributed by atoms with Crippen molar-refractivity contribution >= 4 is 34.6 Å². The van der Waals surface area contributed by atoms with Crippen LogP contribution in [0.4, 0.5) is 17.1 Å². The van der Waals surface area contributed by atoms with Crippen LogP contribution in [0.15, 0.2) is 42.5 Å². The lowest BCUT2D eigenvalue weighted by atomic mass is 9.83. The van der Waals surface area contributed by atoms with Crippen LogP contribution in [-0.2, 0) is 11.2 Å². The van der Waals surface area contributed by atoms with Crippen molar-refractivity contribution in [2.75, 3.05) is 29.4 Å². The number of anilines is 2. The van der Waals surface area contributed by atoms with Crippen molar-refractivity contribution in [2.24, 2.45) is 5.92 Å². The first-order valence-electron chi connectivity index (χ1n) is 10.3. The average Bonchev–Trinajstić information content (AvgIpc) is 3.56. The minimum atomic E-state index is -0.374. The van der Waals surface area contributed by atoms with Gasteiger partial charge < -0.3 is 15.1 Å². The van der Waals surface area contributed by atoms with Crippen LogP contribution in [0.5, 0.6) is 0 Å². The van der Waals surface area contributed by atoms with E-state index in [1.54, 1.807) is 12.1 Å². The normalized spacial score (nSPS) is 22.8. The second kappa shape index (κ2) is 7.47. The molecule has 8 heteroatoms. The Bertz CT molecular complexity index is 1010. The third-order valence-corrected chi connectivity index (χ3v) is 6.68. The number of nitro groups is 1. The van der Waals surface area contributed by atoms with Gasteiger partial charge in [-0.1, -0.05) is 23.7 Å². The van der Waals surface area contributed by atoms with Crippen LogP contribution in [0.3, 0.4) is 0 Å². The summed E-state index contributed by atoms with van der Waals surface area (Å²) in [6, 6.07) is 13.1. The van der Waals surface area contributed by atoms with Gasteiger partial charge in [-0.2, -0.15) is 0 Å². The van der Waals surface area contributed by atoms with E-state index >= 15 is 0 Å². The summed E-state index contributed by atoms with van der Waals surface area (Å²) in [4.78, 5) is 28.5. The van der Waals surface area contributed by atoms with E-state index in [2.05, 4.69) is 15.1 Å². The lowest BCUT2D eigenvalue weighted by Gasteiger charge is -2.49. The number of piperazine rings is 1. The van der Waals surface area contributed by atoms with Crippen molar-refractivity contribution in [3.8, 4) is 0 Å². The lowest BCUT2D eigenvalue weighted by Crippen LogP contribution is -2.61. The van der Waals surface area contributed by atoms with Gasteiger partial charge in [-0.05, 0) is 43.0 Å². The molecule has 1 N–H and O–H groups in total. The minimum absolute atomic E-state index is 0.0114. The number of rotatable bonds is 4. The fraction of sp³-hybridized carbons (Fsp3) is 0.409. The molecule has 7 nitrogen and oxygen atoms in total. The molecule has 2 fully saturated rings. The van der Waals surface area contributed by atoms with Crippen LogP contribution >= 0.6 is 11.6 Å². The van der Waals surface area contributed by atoms with Crippen molar-refractivity contribution in [1.82, 2.24) is 5.32 Å². The molecule has 2 aromatic rings. The van der Waals surface area contributed by atoms with Crippen LogP contribution in [0.25, 0.3) is 0 Å². The van der Waals surface area contributed by atoms with E-state index in [4.69, 9.17) is 11.6 Å². The first-order chi connectivity index (χ1) is 14.5. The number of nitrogens with zero attached hydrogens (tertiary/aromatic N) is 3. The Morgan fingerprint density at radius 2 is 1.93 bits per heavy atom. The van der Waals surface area contributed by atoms with Gasteiger partial charge >= 0.3 is 0 Å². The highest BCUT2D eigenvalue weighted by molar-refractivity contribution is 6.33. The molecule has 0 spiro atoms. The van der Waals surface area contributed by atoms with Crippen LogP contribution in [0.2, 0.25) is 5.02 Å². The van der Waals surface area contributed by atoms with Gasteiger partial charge in [-0.15, -0.1) is 0 Å². The summed E-state index contributed by atoms with van der Waals surface area (Å²) in [5.41, 5.74) is 2.93. The number of hydrogen-bond acceptors (Lipinski definition) is 5. The standard InChI is InChI=1S/C22H23ClN4O3/c23-18-3-1-2-4-20(18)25-9-10-26-19-8-7-16(27(29)30)11-14(19)12-17(21(26)13-25)22(28)24-15-5-6-15/h1-4,7-8,11,15,17,21H,5-6,9-10,12-13H2,(H,24,28)/t17-,21+/m1/s1. The first-order valence-corrected chi connectivity index (χ1v) is 10.7. The molecule has 5 rings (SSSR count). The van der Waals surface area contributed by atoms with E-state index in [0.29, 0.717) is 18.0 Å². The van der Waals surface area contributed by atoms with Gasteiger partial charge in [-0.3, -0.25) is 14.9 Å². The molecule has 2 atom stereocenters. The Kier molecular flexibility index (Phi) is 4.77. The molecule has 1 saturated heterocycles. The maximum atomic E-state index is 13.1. The molecule has 0 radical (unpaired) electrons. The topological polar surface area (TPSA) is 78.7 Å². The molecule has 2 heterocycles. The number of halogens is 1. The summed E-state index contributed by atoms with van der Waals surface area (Å²) in [6.07, 6.45) is 2.56. The van der Waals surface area contributed by atoms with Crippen molar-refractivity contribution in [3.05, 3.63) is 63.2 Å². The van der Waals surface area contributed by atoms with Gasteiger partial charge in [0.15, 0.2) is 0 Å². The molecular formula is C22H23ClN4O3. The van der Waals surface area contributed by atoms with E-state index in [0.717, 1.165) is 42.9 Å². The number of non-ortho nitro benzene ring substituents is 1. The summed E-state index contributed by atoms with van der Waals surface area (Å²) in [6.45, 7) is 2.18. The highest BCUT2D eigenvalue weighted by Gasteiger charge is 2.43. The third-order valence-electron chi connectivity index (χ3n) is 6.36. The molecule has 1 aliphatic carbocycles. The quantitative estimate of drug-likeness (QED) is 0.598. The maximum absolute atomic E-state index is 13.1. The molecule has 1 saturated carbocycles. The highest BCUT2D eigenvalue weighted by atomic mass is 35.5. The molecule has 156 valence electrons. The van der Waals surface area contributed by atoms with Crippen LogP contribution < -0.4 is 15.1 Å². The Hall–Kier alpha value is -2.80. The number of para-hydroxylation sites is 1. The van der Waals surface area contributed by atoms with E-state index in [1.807, 2.05) is 30.3 Å². The van der Waals surface area contributed by atoms with Crippen molar-refractivity contribution in [2.45, 2.75) is 31.3 Å². The van der Waals surface area contributed by atoms with Gasteiger partial charge in [-0.25, -0.2) is 0 Å². The Balaban J connectivity index is 1.49. The second-order valence-electron chi connectivity index (χ2n) is 8.32. The largest absolute Gasteiger partial charge is 0.366 e. The zero-order valence-corrected chi connectivity index (χ0v) is 17.2. The molecule has 3 aliphatic rings. The number of amides is 1. The highest BCUT2D eigenvalue weighted by Crippen LogP contribution is 2.39. The number of hydrogen-bond donors (Lipinski definition) is 1. The smallest absolute Gasteiger partial charge is 0.269 e. The molecule has 2 aliphatic heterocycles. The number of carbonyl (C=O) groups is 1. The summed E-state index contributed by atoms with van der Waals surface area (Å²) >= 11 is 6.44. The van der Waals surface area contributed by atoms with Crippen LogP contribution in [0.1, 0.15) is 18.4 Å². The number of nitrogens with one attached hydrogen (secondary N) is 1. The molecule has 2 aromatic carbocycles. The van der Waals surface area contributed by atoms with Gasteiger partial charge in [0.05, 0.1) is 27.6 Å². The molecule has 0 bridgehead atoms. The van der Waals surface area contributed by atoms with E-state index in [1.165, 1.54) is 0 Å². The number of fused-ring (bicyclic) bond motifs is 3. The predicted molar refractivity (Wildman–Crippen MR) is 116 cm³/mol. The zero-order chi connectivity index (χ0) is 20.8. The lowest BCUT2D eigenvalue weighted by molar-refractivity contribution is -0.384. The molecule has 1 amide bonds. The van der Waals surface area contributed by atoms with Gasteiger partial charge in [0, 0.05) is 43.5 Å². The number of nitro benzene ring substituents is 1. The van der Waals surface area contributed by atoms with Crippen molar-refractivity contribution < 1.29 is 9.72 Å². The van der Waals surface area contributed by atoms with Gasteiger partial charge in [0.1, 0.15) is 0 Å². The zero-order valence-electron chi connectivity index (χ0n) is 16.5. The minimum Gasteiger partial charge on any atom is -0.366 e.